The van der Waals surface area contributed by atoms with Gasteiger partial charge in [-0.2, -0.15) is 0 Å². The lowest BCUT2D eigenvalue weighted by atomic mass is 10.1. The number of nitrogens with two attached hydrogens (primary N) is 1. The van der Waals surface area contributed by atoms with Crippen LogP contribution in [0.25, 0.3) is 0 Å². The van der Waals surface area contributed by atoms with Gasteiger partial charge in [0.05, 0.1) is 18.6 Å². The quantitative estimate of drug-likeness (QED) is 0.656. The van der Waals surface area contributed by atoms with Crippen molar-refractivity contribution in [1.29, 1.82) is 0 Å². The van der Waals surface area contributed by atoms with Crippen LogP contribution in [0.2, 0.25) is 0 Å². The van der Waals surface area contributed by atoms with Gasteiger partial charge in [0, 0.05) is 6.54 Å². The zero-order valence-electron chi connectivity index (χ0n) is 15.2. The molecule has 1 aromatic rings. The number of carbonyl (C=O) groups is 2. The maximum Gasteiger partial charge on any atom is 0.239 e. The lowest BCUT2D eigenvalue weighted by Crippen LogP contribution is -2.48. The molecule has 4 N–H and O–H groups in total. The monoisotopic (exact) mass is 346 g/mol. The molecule has 6 heteroatoms. The number of carbonyl (C=O) groups excluding carboxylic acids is 2. The SMILES string of the molecule is CC(C)[C@H](N)C(=O)NCC(=O)NC(CN1CCCC1)c1ccccc1. The summed E-state index contributed by atoms with van der Waals surface area (Å²) in [5, 5.41) is 5.67. The zero-order chi connectivity index (χ0) is 18.2. The molecule has 0 aliphatic carbocycles. The molecule has 2 atom stereocenters. The Bertz CT molecular complexity index is 556. The Morgan fingerprint density at radius 1 is 1.16 bits per heavy atom. The summed E-state index contributed by atoms with van der Waals surface area (Å²) in [5.74, 6) is -0.450. The van der Waals surface area contributed by atoms with Crippen LogP contribution in [-0.4, -0.2) is 48.9 Å². The molecule has 1 unspecified atom stereocenters. The summed E-state index contributed by atoms with van der Waals surface area (Å²) >= 11 is 0. The van der Waals surface area contributed by atoms with Crippen LogP contribution < -0.4 is 16.4 Å². The van der Waals surface area contributed by atoms with E-state index in [1.54, 1.807) is 0 Å². The molecule has 0 spiro atoms. The number of amides is 2. The minimum absolute atomic E-state index is 0.0373. The van der Waals surface area contributed by atoms with Gasteiger partial charge in [-0.1, -0.05) is 44.2 Å². The second-order valence-electron chi connectivity index (χ2n) is 7.03. The Balaban J connectivity index is 1.91. The first-order valence-electron chi connectivity index (χ1n) is 9.07. The van der Waals surface area contributed by atoms with Crippen LogP contribution in [-0.2, 0) is 9.59 Å². The summed E-state index contributed by atoms with van der Waals surface area (Å²) < 4.78 is 0. The van der Waals surface area contributed by atoms with Gasteiger partial charge in [-0.3, -0.25) is 9.59 Å². The highest BCUT2D eigenvalue weighted by Gasteiger charge is 2.22. The Labute approximate surface area is 150 Å². The molecule has 138 valence electrons. The Morgan fingerprint density at radius 3 is 2.40 bits per heavy atom. The van der Waals surface area contributed by atoms with E-state index in [1.807, 2.05) is 44.2 Å². The number of likely N-dealkylation sites (tertiary alicyclic amines) is 1. The van der Waals surface area contributed by atoms with E-state index < -0.39 is 6.04 Å². The minimum Gasteiger partial charge on any atom is -0.346 e. The third-order valence-corrected chi connectivity index (χ3v) is 4.62. The van der Waals surface area contributed by atoms with Crippen LogP contribution in [0.15, 0.2) is 30.3 Å². The third-order valence-electron chi connectivity index (χ3n) is 4.62. The van der Waals surface area contributed by atoms with Crippen molar-refractivity contribution in [1.82, 2.24) is 15.5 Å². The third kappa shape index (κ3) is 6.14. The predicted octanol–water partition coefficient (Wildman–Crippen LogP) is 1.04. The van der Waals surface area contributed by atoms with Gasteiger partial charge in [0.15, 0.2) is 0 Å². The summed E-state index contributed by atoms with van der Waals surface area (Å²) in [4.78, 5) is 26.6. The van der Waals surface area contributed by atoms with Crippen molar-refractivity contribution in [3.8, 4) is 0 Å². The molecule has 1 heterocycles. The molecule has 0 bridgehead atoms. The molecule has 1 aliphatic rings. The average molecular weight is 346 g/mol. The van der Waals surface area contributed by atoms with Crippen LogP contribution in [0.5, 0.6) is 0 Å². The minimum atomic E-state index is -0.595. The van der Waals surface area contributed by atoms with E-state index >= 15 is 0 Å². The molecule has 2 amide bonds. The second-order valence-corrected chi connectivity index (χ2v) is 7.03. The van der Waals surface area contributed by atoms with Gasteiger partial charge in [-0.05, 0) is 37.4 Å². The van der Waals surface area contributed by atoms with Crippen molar-refractivity contribution in [3.63, 3.8) is 0 Å². The molecule has 1 aliphatic heterocycles. The van der Waals surface area contributed by atoms with Crippen molar-refractivity contribution in [3.05, 3.63) is 35.9 Å². The molecule has 0 saturated carbocycles. The smallest absolute Gasteiger partial charge is 0.239 e. The van der Waals surface area contributed by atoms with Gasteiger partial charge in [0.25, 0.3) is 0 Å². The summed E-state index contributed by atoms with van der Waals surface area (Å²) in [6.07, 6.45) is 2.41. The highest BCUT2D eigenvalue weighted by molar-refractivity contribution is 5.87. The molecule has 0 radical (unpaired) electrons. The fraction of sp³-hybridized carbons (Fsp3) is 0.579. The molecular weight excluding hydrogens is 316 g/mol. The molecule has 1 aromatic carbocycles. The van der Waals surface area contributed by atoms with Crippen molar-refractivity contribution in [2.75, 3.05) is 26.2 Å². The van der Waals surface area contributed by atoms with Crippen LogP contribution in [0.4, 0.5) is 0 Å². The van der Waals surface area contributed by atoms with E-state index in [0.717, 1.165) is 25.2 Å². The van der Waals surface area contributed by atoms with Gasteiger partial charge >= 0.3 is 0 Å². The molecule has 1 saturated heterocycles. The highest BCUT2D eigenvalue weighted by Crippen LogP contribution is 2.17. The van der Waals surface area contributed by atoms with Crippen LogP contribution in [0.3, 0.4) is 0 Å². The Kier molecular flexibility index (Phi) is 7.40. The Hall–Kier alpha value is -1.92. The zero-order valence-corrected chi connectivity index (χ0v) is 15.2. The molecular formula is C19H30N4O2. The van der Waals surface area contributed by atoms with E-state index in [9.17, 15) is 9.59 Å². The number of hydrogen-bond donors (Lipinski definition) is 3. The largest absolute Gasteiger partial charge is 0.346 e. The van der Waals surface area contributed by atoms with Gasteiger partial charge in [-0.15, -0.1) is 0 Å². The lowest BCUT2D eigenvalue weighted by molar-refractivity contribution is -0.127. The van der Waals surface area contributed by atoms with E-state index in [1.165, 1.54) is 12.8 Å². The average Bonchev–Trinajstić information content (AvgIpc) is 3.12. The van der Waals surface area contributed by atoms with Gasteiger partial charge in [0.2, 0.25) is 11.8 Å². The first kappa shape index (κ1) is 19.4. The predicted molar refractivity (Wildman–Crippen MR) is 98.8 cm³/mol. The maximum absolute atomic E-state index is 12.3. The summed E-state index contributed by atoms with van der Waals surface area (Å²) in [6, 6.07) is 9.28. The van der Waals surface area contributed by atoms with Gasteiger partial charge in [-0.25, -0.2) is 0 Å². The number of hydrogen-bond acceptors (Lipinski definition) is 4. The van der Waals surface area contributed by atoms with Crippen molar-refractivity contribution < 1.29 is 9.59 Å². The van der Waals surface area contributed by atoms with E-state index in [-0.39, 0.29) is 30.3 Å². The lowest BCUT2D eigenvalue weighted by Gasteiger charge is -2.25. The summed E-state index contributed by atoms with van der Waals surface area (Å²) in [7, 11) is 0. The van der Waals surface area contributed by atoms with E-state index in [4.69, 9.17) is 5.73 Å². The second kappa shape index (κ2) is 9.53. The van der Waals surface area contributed by atoms with Gasteiger partial charge < -0.3 is 21.3 Å². The summed E-state index contributed by atoms with van der Waals surface area (Å²) in [6.45, 7) is 6.63. The van der Waals surface area contributed by atoms with Crippen molar-refractivity contribution in [2.24, 2.45) is 11.7 Å². The first-order chi connectivity index (χ1) is 12.0. The van der Waals surface area contributed by atoms with Crippen LogP contribution in [0.1, 0.15) is 38.3 Å². The fourth-order valence-electron chi connectivity index (χ4n) is 2.98. The van der Waals surface area contributed by atoms with E-state index in [0.29, 0.717) is 0 Å². The molecule has 1 fully saturated rings. The van der Waals surface area contributed by atoms with Gasteiger partial charge in [0.1, 0.15) is 0 Å². The van der Waals surface area contributed by atoms with Crippen molar-refractivity contribution >= 4 is 11.8 Å². The van der Waals surface area contributed by atoms with E-state index in [2.05, 4.69) is 15.5 Å². The standard InChI is InChI=1S/C19H30N4O2/c1-14(2)18(20)19(25)21-12-17(24)22-16(13-23-10-6-7-11-23)15-8-4-3-5-9-15/h3-5,8-9,14,16,18H,6-7,10-13,20H2,1-2H3,(H,21,25)(H,22,24)/t16?,18-/m0/s1. The number of nitrogens with zero attached hydrogens (tertiary/aromatic N) is 1. The Morgan fingerprint density at radius 2 is 1.80 bits per heavy atom. The molecule has 25 heavy (non-hydrogen) atoms. The number of benzene rings is 1. The summed E-state index contributed by atoms with van der Waals surface area (Å²) in [5.41, 5.74) is 6.87. The highest BCUT2D eigenvalue weighted by atomic mass is 16.2. The number of nitrogens with one attached hydrogen (secondary N) is 2. The van der Waals surface area contributed by atoms with Crippen LogP contribution in [0, 0.1) is 5.92 Å². The van der Waals surface area contributed by atoms with Crippen molar-refractivity contribution in [2.45, 2.75) is 38.8 Å². The number of rotatable bonds is 8. The molecule has 0 aromatic heterocycles. The van der Waals surface area contributed by atoms with Crippen LogP contribution >= 0.6 is 0 Å². The fourth-order valence-corrected chi connectivity index (χ4v) is 2.98. The topological polar surface area (TPSA) is 87.5 Å². The molecule has 6 nitrogen and oxygen atoms in total. The first-order valence-corrected chi connectivity index (χ1v) is 9.07. The molecule has 2 rings (SSSR count). The maximum atomic E-state index is 12.3. The normalized spacial score (nSPS) is 17.3.